The van der Waals surface area contributed by atoms with Crippen molar-refractivity contribution in [1.29, 1.82) is 0 Å². The van der Waals surface area contributed by atoms with Crippen molar-refractivity contribution >= 4 is 11.6 Å². The van der Waals surface area contributed by atoms with Crippen molar-refractivity contribution in [3.05, 3.63) is 18.6 Å². The Morgan fingerprint density at radius 1 is 1.33 bits per heavy atom. The molecule has 0 aromatic carbocycles. The van der Waals surface area contributed by atoms with E-state index in [0.717, 1.165) is 18.3 Å². The molecule has 98 valence electrons. The molecular weight excluding hydrogens is 226 g/mol. The lowest BCUT2D eigenvalue weighted by Crippen LogP contribution is -2.15. The van der Waals surface area contributed by atoms with Crippen LogP contribution in [0.25, 0.3) is 5.78 Å². The average Bonchev–Trinajstić information content (AvgIpc) is 2.88. The Morgan fingerprint density at radius 3 is 3.00 bits per heavy atom. The van der Waals surface area contributed by atoms with Crippen LogP contribution in [0.2, 0.25) is 0 Å². The minimum atomic E-state index is 0.640. The van der Waals surface area contributed by atoms with Gasteiger partial charge < -0.3 is 5.32 Å². The van der Waals surface area contributed by atoms with Gasteiger partial charge in [0, 0.05) is 12.7 Å². The van der Waals surface area contributed by atoms with Crippen molar-refractivity contribution in [3.63, 3.8) is 0 Å². The highest BCUT2D eigenvalue weighted by Crippen LogP contribution is 2.14. The number of unbranched alkanes of at least 4 members (excludes halogenated alkanes) is 1. The summed E-state index contributed by atoms with van der Waals surface area (Å²) in [7, 11) is 0. The molecule has 2 heterocycles. The Hall–Kier alpha value is -1.65. The van der Waals surface area contributed by atoms with Crippen LogP contribution in [0.5, 0.6) is 0 Å². The van der Waals surface area contributed by atoms with Gasteiger partial charge in [0.25, 0.3) is 5.78 Å². The van der Waals surface area contributed by atoms with Crippen molar-refractivity contribution in [3.8, 4) is 0 Å². The first kappa shape index (κ1) is 12.8. The standard InChI is InChI=1S/C13H21N5/c1-3-5-6-11(4-2)9-15-12-7-8-14-13-16-10-17-18(12)13/h7-8,10-11,15H,3-6,9H2,1-2H3. The van der Waals surface area contributed by atoms with Crippen LogP contribution in [0.4, 0.5) is 5.82 Å². The summed E-state index contributed by atoms with van der Waals surface area (Å²) < 4.78 is 1.74. The van der Waals surface area contributed by atoms with Gasteiger partial charge >= 0.3 is 0 Å². The Bertz CT molecular complexity index is 479. The first-order chi connectivity index (χ1) is 8.85. The average molecular weight is 247 g/mol. The predicted octanol–water partition coefficient (Wildman–Crippen LogP) is 2.75. The van der Waals surface area contributed by atoms with Crippen molar-refractivity contribution in [2.75, 3.05) is 11.9 Å². The van der Waals surface area contributed by atoms with Crippen molar-refractivity contribution < 1.29 is 0 Å². The number of anilines is 1. The normalized spacial score (nSPS) is 12.8. The summed E-state index contributed by atoms with van der Waals surface area (Å²) in [4.78, 5) is 8.23. The Kier molecular flexibility index (Phi) is 4.50. The molecular formula is C13H21N5. The molecule has 0 aliphatic carbocycles. The maximum atomic E-state index is 4.17. The molecule has 0 saturated heterocycles. The number of hydrogen-bond acceptors (Lipinski definition) is 4. The zero-order chi connectivity index (χ0) is 12.8. The predicted molar refractivity (Wildman–Crippen MR) is 72.6 cm³/mol. The fourth-order valence-corrected chi connectivity index (χ4v) is 2.06. The highest BCUT2D eigenvalue weighted by atomic mass is 15.3. The smallest absolute Gasteiger partial charge is 0.254 e. The molecule has 2 aromatic rings. The van der Waals surface area contributed by atoms with Gasteiger partial charge in [0.05, 0.1) is 0 Å². The minimum Gasteiger partial charge on any atom is -0.370 e. The molecule has 0 radical (unpaired) electrons. The van der Waals surface area contributed by atoms with E-state index in [-0.39, 0.29) is 0 Å². The number of hydrogen-bond donors (Lipinski definition) is 1. The molecule has 18 heavy (non-hydrogen) atoms. The number of nitrogens with one attached hydrogen (secondary N) is 1. The molecule has 0 aliphatic rings. The molecule has 5 nitrogen and oxygen atoms in total. The maximum absolute atomic E-state index is 4.17. The first-order valence-corrected chi connectivity index (χ1v) is 6.73. The van der Waals surface area contributed by atoms with Crippen molar-refractivity contribution in [2.45, 2.75) is 39.5 Å². The lowest BCUT2D eigenvalue weighted by atomic mass is 9.99. The van der Waals surface area contributed by atoms with Crippen LogP contribution in [0.3, 0.4) is 0 Å². The third kappa shape index (κ3) is 2.97. The Labute approximate surface area is 108 Å². The van der Waals surface area contributed by atoms with Crippen LogP contribution in [-0.2, 0) is 0 Å². The van der Waals surface area contributed by atoms with Crippen molar-refractivity contribution in [1.82, 2.24) is 19.6 Å². The summed E-state index contributed by atoms with van der Waals surface area (Å²) in [6.45, 7) is 5.47. The van der Waals surface area contributed by atoms with Crippen LogP contribution < -0.4 is 5.32 Å². The van der Waals surface area contributed by atoms with E-state index in [4.69, 9.17) is 0 Å². The topological polar surface area (TPSA) is 55.1 Å². The van der Waals surface area contributed by atoms with E-state index in [1.807, 2.05) is 6.07 Å². The number of nitrogens with zero attached hydrogens (tertiary/aromatic N) is 4. The van der Waals surface area contributed by atoms with Crippen LogP contribution >= 0.6 is 0 Å². The van der Waals surface area contributed by atoms with Gasteiger partial charge in [-0.3, -0.25) is 0 Å². The van der Waals surface area contributed by atoms with E-state index in [0.29, 0.717) is 5.78 Å². The van der Waals surface area contributed by atoms with Gasteiger partial charge in [-0.1, -0.05) is 33.1 Å². The minimum absolute atomic E-state index is 0.640. The number of rotatable bonds is 7. The summed E-state index contributed by atoms with van der Waals surface area (Å²) in [6.07, 6.45) is 8.35. The molecule has 1 atom stereocenters. The van der Waals surface area contributed by atoms with E-state index < -0.39 is 0 Å². The van der Waals surface area contributed by atoms with Crippen LogP contribution in [0.15, 0.2) is 18.6 Å². The third-order valence-corrected chi connectivity index (χ3v) is 3.30. The van der Waals surface area contributed by atoms with Gasteiger partial charge in [-0.2, -0.15) is 14.6 Å². The third-order valence-electron chi connectivity index (χ3n) is 3.30. The molecule has 0 bridgehead atoms. The van der Waals surface area contributed by atoms with Gasteiger partial charge in [-0.15, -0.1) is 0 Å². The molecule has 2 rings (SSSR count). The van der Waals surface area contributed by atoms with Crippen molar-refractivity contribution in [2.24, 2.45) is 5.92 Å². The second kappa shape index (κ2) is 6.33. The van der Waals surface area contributed by atoms with Crippen LogP contribution in [-0.4, -0.2) is 26.1 Å². The summed E-state index contributed by atoms with van der Waals surface area (Å²) in [6, 6.07) is 1.94. The SMILES string of the molecule is CCCCC(CC)CNc1ccnc2ncnn12. The van der Waals surface area contributed by atoms with Crippen LogP contribution in [0.1, 0.15) is 39.5 Å². The Morgan fingerprint density at radius 2 is 2.22 bits per heavy atom. The van der Waals surface area contributed by atoms with Crippen LogP contribution in [0, 0.1) is 5.92 Å². The second-order valence-corrected chi connectivity index (χ2v) is 4.60. The van der Waals surface area contributed by atoms with E-state index in [1.54, 1.807) is 10.7 Å². The highest BCUT2D eigenvalue weighted by Gasteiger charge is 2.07. The van der Waals surface area contributed by atoms with E-state index in [9.17, 15) is 0 Å². The van der Waals surface area contributed by atoms with Gasteiger partial charge in [0.1, 0.15) is 12.1 Å². The molecule has 0 amide bonds. The molecule has 0 aliphatic heterocycles. The van der Waals surface area contributed by atoms with E-state index >= 15 is 0 Å². The summed E-state index contributed by atoms with van der Waals surface area (Å²) in [5, 5.41) is 7.62. The molecule has 1 unspecified atom stereocenters. The monoisotopic (exact) mass is 247 g/mol. The summed E-state index contributed by atoms with van der Waals surface area (Å²) in [5.41, 5.74) is 0. The molecule has 0 fully saturated rings. The second-order valence-electron chi connectivity index (χ2n) is 4.60. The maximum Gasteiger partial charge on any atom is 0.254 e. The largest absolute Gasteiger partial charge is 0.370 e. The quantitative estimate of drug-likeness (QED) is 0.817. The lowest BCUT2D eigenvalue weighted by molar-refractivity contribution is 0.472. The fourth-order valence-electron chi connectivity index (χ4n) is 2.06. The molecule has 5 heteroatoms. The molecule has 0 spiro atoms. The number of fused-ring (bicyclic) bond motifs is 1. The van der Waals surface area contributed by atoms with E-state index in [1.165, 1.54) is 32.0 Å². The molecule has 1 N–H and O–H groups in total. The number of aromatic nitrogens is 4. The zero-order valence-corrected chi connectivity index (χ0v) is 11.1. The fraction of sp³-hybridized carbons (Fsp3) is 0.615. The van der Waals surface area contributed by atoms with Gasteiger partial charge in [-0.25, -0.2) is 4.98 Å². The molecule has 2 aromatic heterocycles. The first-order valence-electron chi connectivity index (χ1n) is 6.73. The van der Waals surface area contributed by atoms with E-state index in [2.05, 4.69) is 34.2 Å². The lowest BCUT2D eigenvalue weighted by Gasteiger charge is -2.16. The molecule has 0 saturated carbocycles. The van der Waals surface area contributed by atoms with Gasteiger partial charge in [0.15, 0.2) is 0 Å². The van der Waals surface area contributed by atoms with Gasteiger partial charge in [-0.05, 0) is 18.4 Å². The summed E-state index contributed by atoms with van der Waals surface area (Å²) in [5.74, 6) is 2.32. The Balaban J connectivity index is 1.98. The summed E-state index contributed by atoms with van der Waals surface area (Å²) >= 11 is 0. The highest BCUT2D eigenvalue weighted by molar-refractivity contribution is 5.42. The zero-order valence-electron chi connectivity index (χ0n) is 11.1. The van der Waals surface area contributed by atoms with Gasteiger partial charge in [0.2, 0.25) is 0 Å².